The molecule has 0 saturated heterocycles. The van der Waals surface area contributed by atoms with Crippen molar-refractivity contribution in [1.29, 1.82) is 0 Å². The molecular formula is C22H20F3N5O2. The van der Waals surface area contributed by atoms with E-state index in [4.69, 9.17) is 10.7 Å². The zero-order chi connectivity index (χ0) is 22.6. The Kier molecular flexibility index (Phi) is 4.61. The lowest BCUT2D eigenvalue weighted by Crippen LogP contribution is -2.21. The van der Waals surface area contributed by atoms with E-state index in [-0.39, 0.29) is 23.2 Å². The van der Waals surface area contributed by atoms with Crippen LogP contribution in [0.15, 0.2) is 36.7 Å². The standard InChI is InChI=1S/C22H20F3N5O2/c23-22(24,25)14-3-1-2-13-10-15(28-16(13)14)17-18-19(26)27-8-9-30(18)20(29-17)11-4-6-12(7-5-11)21(31)32/h1-3,8-12,28H,4-7H2,(H2,26,27)(H,31,32). The first-order valence-corrected chi connectivity index (χ1v) is 10.3. The average molecular weight is 443 g/mol. The molecule has 1 aliphatic carbocycles. The molecule has 0 aliphatic heterocycles. The molecule has 0 unspecified atom stereocenters. The number of nitrogens with zero attached hydrogens (tertiary/aromatic N) is 3. The second-order valence-electron chi connectivity index (χ2n) is 8.19. The molecule has 7 nitrogen and oxygen atoms in total. The van der Waals surface area contributed by atoms with Crippen molar-refractivity contribution in [3.05, 3.63) is 48.0 Å². The van der Waals surface area contributed by atoms with Gasteiger partial charge in [0.2, 0.25) is 0 Å². The summed E-state index contributed by atoms with van der Waals surface area (Å²) < 4.78 is 42.2. The van der Waals surface area contributed by atoms with Crippen LogP contribution in [-0.4, -0.2) is 30.4 Å². The van der Waals surface area contributed by atoms with E-state index in [2.05, 4.69) is 9.97 Å². The van der Waals surface area contributed by atoms with Crippen molar-refractivity contribution in [2.45, 2.75) is 37.8 Å². The van der Waals surface area contributed by atoms with Crippen LogP contribution in [0, 0.1) is 5.92 Å². The molecule has 1 aromatic carbocycles. The Morgan fingerprint density at radius 1 is 1.22 bits per heavy atom. The third kappa shape index (κ3) is 3.26. The number of nitrogens with two attached hydrogens (primary N) is 1. The molecule has 10 heteroatoms. The van der Waals surface area contributed by atoms with E-state index >= 15 is 0 Å². The Hall–Kier alpha value is -3.56. The average Bonchev–Trinajstić information content (AvgIpc) is 3.35. The fourth-order valence-corrected chi connectivity index (χ4v) is 4.68. The highest BCUT2D eigenvalue weighted by atomic mass is 19.4. The Morgan fingerprint density at radius 2 is 1.97 bits per heavy atom. The Morgan fingerprint density at radius 3 is 2.66 bits per heavy atom. The minimum absolute atomic E-state index is 0.0119. The largest absolute Gasteiger partial charge is 0.481 e. The fourth-order valence-electron chi connectivity index (χ4n) is 4.68. The van der Waals surface area contributed by atoms with E-state index in [9.17, 15) is 23.1 Å². The number of para-hydroxylation sites is 1. The molecule has 0 radical (unpaired) electrons. The first-order chi connectivity index (χ1) is 15.2. The number of rotatable bonds is 3. The van der Waals surface area contributed by atoms with E-state index in [0.29, 0.717) is 53.8 Å². The number of nitrogen functional groups attached to an aromatic ring is 1. The van der Waals surface area contributed by atoms with Gasteiger partial charge in [-0.3, -0.25) is 9.20 Å². The lowest BCUT2D eigenvalue weighted by atomic mass is 9.81. The molecule has 0 spiro atoms. The number of aromatic nitrogens is 4. The van der Waals surface area contributed by atoms with Gasteiger partial charge in [-0.05, 0) is 37.8 Å². The Labute approximate surface area is 180 Å². The summed E-state index contributed by atoms with van der Waals surface area (Å²) in [7, 11) is 0. The summed E-state index contributed by atoms with van der Waals surface area (Å²) in [5, 5.41) is 9.69. The number of halogens is 3. The van der Waals surface area contributed by atoms with Gasteiger partial charge in [-0.2, -0.15) is 13.2 Å². The highest BCUT2D eigenvalue weighted by Crippen LogP contribution is 2.40. The number of hydrogen-bond acceptors (Lipinski definition) is 4. The van der Waals surface area contributed by atoms with Gasteiger partial charge in [0.25, 0.3) is 0 Å². The summed E-state index contributed by atoms with van der Waals surface area (Å²) in [6, 6.07) is 5.65. The SMILES string of the molecule is Nc1nccn2c(C3CCC(C(=O)O)CC3)nc(-c3cc4cccc(C(F)(F)F)c4[nH]3)c12. The van der Waals surface area contributed by atoms with Crippen LogP contribution in [-0.2, 0) is 11.0 Å². The van der Waals surface area contributed by atoms with E-state index in [1.807, 2.05) is 4.40 Å². The Balaban J connectivity index is 1.64. The lowest BCUT2D eigenvalue weighted by Gasteiger charge is -2.25. The van der Waals surface area contributed by atoms with Crippen LogP contribution >= 0.6 is 0 Å². The number of anilines is 1. The monoisotopic (exact) mass is 443 g/mol. The number of benzene rings is 1. The normalized spacial score (nSPS) is 19.6. The maximum Gasteiger partial charge on any atom is 0.418 e. The van der Waals surface area contributed by atoms with Crippen molar-refractivity contribution in [1.82, 2.24) is 19.4 Å². The van der Waals surface area contributed by atoms with Crippen molar-refractivity contribution < 1.29 is 23.1 Å². The topological polar surface area (TPSA) is 109 Å². The van der Waals surface area contributed by atoms with Crippen molar-refractivity contribution >= 4 is 28.2 Å². The number of carboxylic acid groups (broad SMARTS) is 1. The van der Waals surface area contributed by atoms with Gasteiger partial charge in [0.15, 0.2) is 0 Å². The molecule has 0 bridgehead atoms. The minimum atomic E-state index is -4.49. The van der Waals surface area contributed by atoms with Crippen molar-refractivity contribution in [3.8, 4) is 11.4 Å². The molecular weight excluding hydrogens is 423 g/mol. The van der Waals surface area contributed by atoms with E-state index in [0.717, 1.165) is 6.07 Å². The minimum Gasteiger partial charge on any atom is -0.481 e. The van der Waals surface area contributed by atoms with Crippen LogP contribution in [0.3, 0.4) is 0 Å². The predicted molar refractivity (Wildman–Crippen MR) is 112 cm³/mol. The molecule has 1 fully saturated rings. The van der Waals surface area contributed by atoms with Gasteiger partial charge in [-0.25, -0.2) is 9.97 Å². The molecule has 4 aromatic rings. The highest BCUT2D eigenvalue weighted by Gasteiger charge is 2.34. The maximum absolute atomic E-state index is 13.5. The molecule has 1 aliphatic rings. The number of hydrogen-bond donors (Lipinski definition) is 3. The van der Waals surface area contributed by atoms with Crippen LogP contribution in [0.4, 0.5) is 19.0 Å². The number of alkyl halides is 3. The van der Waals surface area contributed by atoms with Crippen molar-refractivity contribution in [3.63, 3.8) is 0 Å². The zero-order valence-electron chi connectivity index (χ0n) is 16.9. The molecule has 1 saturated carbocycles. The number of aromatic amines is 1. The molecule has 32 heavy (non-hydrogen) atoms. The molecule has 4 N–H and O–H groups in total. The third-order valence-electron chi connectivity index (χ3n) is 6.27. The fraction of sp³-hybridized carbons (Fsp3) is 0.318. The maximum atomic E-state index is 13.5. The second kappa shape index (κ2) is 7.25. The van der Waals surface area contributed by atoms with E-state index in [1.54, 1.807) is 24.5 Å². The van der Waals surface area contributed by atoms with Crippen LogP contribution < -0.4 is 5.73 Å². The van der Waals surface area contributed by atoms with E-state index in [1.165, 1.54) is 6.07 Å². The van der Waals surface area contributed by atoms with Crippen LogP contribution in [0.1, 0.15) is 43.0 Å². The number of H-pyrrole nitrogens is 1. The predicted octanol–water partition coefficient (Wildman–Crippen LogP) is 4.84. The highest BCUT2D eigenvalue weighted by molar-refractivity contribution is 5.92. The third-order valence-corrected chi connectivity index (χ3v) is 6.27. The number of fused-ring (bicyclic) bond motifs is 2. The second-order valence-corrected chi connectivity index (χ2v) is 8.19. The number of nitrogens with one attached hydrogen (secondary N) is 1. The summed E-state index contributed by atoms with van der Waals surface area (Å²) in [4.78, 5) is 23.1. The van der Waals surface area contributed by atoms with Gasteiger partial charge in [0.1, 0.15) is 22.9 Å². The van der Waals surface area contributed by atoms with Gasteiger partial charge in [0.05, 0.1) is 22.7 Å². The quantitative estimate of drug-likeness (QED) is 0.420. The summed E-state index contributed by atoms with van der Waals surface area (Å²) in [6.07, 6.45) is 1.19. The first-order valence-electron chi connectivity index (χ1n) is 10.3. The molecule has 0 amide bonds. The van der Waals surface area contributed by atoms with Gasteiger partial charge in [-0.15, -0.1) is 0 Å². The smallest absolute Gasteiger partial charge is 0.418 e. The molecule has 3 heterocycles. The van der Waals surface area contributed by atoms with Gasteiger partial charge < -0.3 is 15.8 Å². The summed E-state index contributed by atoms with van der Waals surface area (Å²) in [5.74, 6) is -0.205. The van der Waals surface area contributed by atoms with Crippen LogP contribution in [0.25, 0.3) is 27.8 Å². The summed E-state index contributed by atoms with van der Waals surface area (Å²) in [6.45, 7) is 0. The van der Waals surface area contributed by atoms with Crippen molar-refractivity contribution in [2.75, 3.05) is 5.73 Å². The Bertz CT molecular complexity index is 1330. The van der Waals surface area contributed by atoms with Gasteiger partial charge in [0, 0.05) is 23.7 Å². The number of aliphatic carboxylic acids is 1. The van der Waals surface area contributed by atoms with Gasteiger partial charge in [-0.1, -0.05) is 12.1 Å². The molecule has 166 valence electrons. The number of carbonyl (C=O) groups is 1. The van der Waals surface area contributed by atoms with Gasteiger partial charge >= 0.3 is 12.1 Å². The van der Waals surface area contributed by atoms with Crippen LogP contribution in [0.2, 0.25) is 0 Å². The molecule has 5 rings (SSSR count). The molecule has 0 atom stereocenters. The summed E-state index contributed by atoms with van der Waals surface area (Å²) >= 11 is 0. The summed E-state index contributed by atoms with van der Waals surface area (Å²) in [5.41, 5.74) is 6.75. The molecule has 3 aromatic heterocycles. The lowest BCUT2D eigenvalue weighted by molar-refractivity contribution is -0.143. The van der Waals surface area contributed by atoms with E-state index < -0.39 is 17.7 Å². The van der Waals surface area contributed by atoms with Crippen LogP contribution in [0.5, 0.6) is 0 Å². The number of carboxylic acids is 1. The zero-order valence-corrected chi connectivity index (χ0v) is 16.9. The first kappa shape index (κ1) is 20.3. The van der Waals surface area contributed by atoms with Crippen molar-refractivity contribution in [2.24, 2.45) is 5.92 Å². The number of imidazole rings is 1.